The maximum absolute atomic E-state index is 13.3. The maximum atomic E-state index is 13.3. The second kappa shape index (κ2) is 7.63. The Morgan fingerprint density at radius 1 is 0.885 bits per heavy atom. The lowest BCUT2D eigenvalue weighted by molar-refractivity contribution is 0.626. The number of nitriles is 1. The number of hydrogen-bond acceptors (Lipinski definition) is 4. The Balaban J connectivity index is 2.09. The van der Waals surface area contributed by atoms with Crippen LogP contribution in [0.15, 0.2) is 53.6 Å². The molecule has 0 radical (unpaired) electrons. The Kier molecular flexibility index (Phi) is 5.29. The zero-order chi connectivity index (χ0) is 18.7. The topological polar surface area (TPSA) is 49.6 Å². The lowest BCUT2D eigenvalue weighted by Crippen LogP contribution is -2.03. The predicted molar refractivity (Wildman–Crippen MR) is 96.7 cm³/mol. The second-order valence-electron chi connectivity index (χ2n) is 5.75. The fourth-order valence-corrected chi connectivity index (χ4v) is 3.92. The van der Waals surface area contributed by atoms with Crippen LogP contribution in [0.5, 0.6) is 0 Å². The summed E-state index contributed by atoms with van der Waals surface area (Å²) in [6.07, 6.45) is 0. The Hall–Kier alpha value is -2.78. The van der Waals surface area contributed by atoms with Crippen molar-refractivity contribution in [3.8, 4) is 6.07 Å². The molecule has 0 bridgehead atoms. The smallest absolute Gasteiger partial charge is 0.126 e. The summed E-state index contributed by atoms with van der Waals surface area (Å²) >= 11 is 1.37. The molecule has 0 amide bonds. The minimum absolute atomic E-state index is 0.267. The van der Waals surface area contributed by atoms with Gasteiger partial charge in [-0.15, -0.1) is 0 Å². The lowest BCUT2D eigenvalue weighted by Gasteiger charge is -2.18. The van der Waals surface area contributed by atoms with E-state index in [9.17, 15) is 14.0 Å². The van der Waals surface area contributed by atoms with Gasteiger partial charge >= 0.3 is 0 Å². The molecule has 0 saturated carbocycles. The van der Waals surface area contributed by atoms with Gasteiger partial charge in [0.25, 0.3) is 0 Å². The largest absolute Gasteiger partial charge is 0.237 e. The lowest BCUT2D eigenvalue weighted by atomic mass is 10.0. The molecule has 130 valence electrons. The van der Waals surface area contributed by atoms with Crippen molar-refractivity contribution in [2.45, 2.75) is 24.1 Å². The molecular weight excluding hydrogens is 352 g/mol. The first kappa shape index (κ1) is 18.0. The molecular formula is C20H15F2N3S. The number of aryl methyl sites for hydroxylation is 2. The molecule has 0 saturated heterocycles. The van der Waals surface area contributed by atoms with Crippen molar-refractivity contribution in [1.82, 2.24) is 9.97 Å². The monoisotopic (exact) mass is 367 g/mol. The van der Waals surface area contributed by atoms with Gasteiger partial charge in [-0.1, -0.05) is 36.0 Å². The normalized spacial score (nSPS) is 10.8. The summed E-state index contributed by atoms with van der Waals surface area (Å²) in [7, 11) is 0. The van der Waals surface area contributed by atoms with Gasteiger partial charge in [0.2, 0.25) is 0 Å². The quantitative estimate of drug-likeness (QED) is 0.474. The van der Waals surface area contributed by atoms with Gasteiger partial charge in [-0.3, -0.25) is 0 Å². The van der Waals surface area contributed by atoms with Gasteiger partial charge in [0.05, 0.1) is 10.9 Å². The van der Waals surface area contributed by atoms with Crippen LogP contribution >= 0.6 is 11.8 Å². The molecule has 26 heavy (non-hydrogen) atoms. The molecule has 0 N–H and O–H groups in total. The van der Waals surface area contributed by atoms with Crippen LogP contribution in [-0.4, -0.2) is 9.97 Å². The first-order valence-electron chi connectivity index (χ1n) is 7.91. The van der Waals surface area contributed by atoms with E-state index in [1.165, 1.54) is 36.0 Å². The molecule has 3 aromatic rings. The zero-order valence-corrected chi connectivity index (χ0v) is 15.0. The van der Waals surface area contributed by atoms with Crippen molar-refractivity contribution >= 4 is 11.8 Å². The van der Waals surface area contributed by atoms with Crippen LogP contribution in [0.2, 0.25) is 0 Å². The molecule has 3 rings (SSSR count). The van der Waals surface area contributed by atoms with E-state index >= 15 is 0 Å². The van der Waals surface area contributed by atoms with Gasteiger partial charge in [-0.25, -0.2) is 18.7 Å². The number of hydrogen-bond donors (Lipinski definition) is 0. The highest BCUT2D eigenvalue weighted by molar-refractivity contribution is 7.99. The van der Waals surface area contributed by atoms with Gasteiger partial charge in [0.1, 0.15) is 34.1 Å². The van der Waals surface area contributed by atoms with Crippen molar-refractivity contribution < 1.29 is 8.78 Å². The molecule has 1 heterocycles. The third-order valence-corrected chi connectivity index (χ3v) is 5.15. The Labute approximate surface area is 154 Å². The van der Waals surface area contributed by atoms with E-state index in [-0.39, 0.29) is 16.9 Å². The van der Waals surface area contributed by atoms with Gasteiger partial charge in [0.15, 0.2) is 0 Å². The third kappa shape index (κ3) is 3.89. The van der Waals surface area contributed by atoms with E-state index in [4.69, 9.17) is 0 Å². The van der Waals surface area contributed by atoms with E-state index in [2.05, 4.69) is 16.0 Å². The Bertz CT molecular complexity index is 919. The number of nitrogens with zero attached hydrogens (tertiary/aromatic N) is 3. The van der Waals surface area contributed by atoms with Crippen LogP contribution < -0.4 is 0 Å². The van der Waals surface area contributed by atoms with Crippen LogP contribution in [0.25, 0.3) is 0 Å². The number of halogens is 2. The van der Waals surface area contributed by atoms with E-state index < -0.39 is 0 Å². The average Bonchev–Trinajstić information content (AvgIpc) is 2.61. The van der Waals surface area contributed by atoms with Crippen molar-refractivity contribution in [3.63, 3.8) is 0 Å². The predicted octanol–water partition coefficient (Wildman–Crippen LogP) is 5.13. The summed E-state index contributed by atoms with van der Waals surface area (Å²) in [6, 6.07) is 14.4. The summed E-state index contributed by atoms with van der Waals surface area (Å²) in [4.78, 5) is 8.65. The van der Waals surface area contributed by atoms with Crippen molar-refractivity contribution in [3.05, 3.63) is 88.4 Å². The molecule has 0 fully saturated rings. The first-order valence-corrected chi connectivity index (χ1v) is 8.79. The van der Waals surface area contributed by atoms with Gasteiger partial charge in [0, 0.05) is 0 Å². The minimum atomic E-state index is -0.331. The third-order valence-electron chi connectivity index (χ3n) is 3.86. The van der Waals surface area contributed by atoms with Crippen LogP contribution in [0.1, 0.15) is 33.5 Å². The molecule has 3 nitrogen and oxygen atoms in total. The SMILES string of the molecule is Cc1nc(C)c(C#N)c(SC(c2ccc(F)cc2)c2ccc(F)cc2)n1. The summed E-state index contributed by atoms with van der Waals surface area (Å²) in [5, 5.41) is 9.76. The van der Waals surface area contributed by atoms with E-state index in [1.807, 2.05) is 0 Å². The molecule has 2 aromatic carbocycles. The van der Waals surface area contributed by atoms with Crippen LogP contribution in [0, 0.1) is 36.8 Å². The van der Waals surface area contributed by atoms with Crippen LogP contribution in [0.3, 0.4) is 0 Å². The number of thioether (sulfide) groups is 1. The Morgan fingerprint density at radius 3 is 1.85 bits per heavy atom. The highest BCUT2D eigenvalue weighted by atomic mass is 32.2. The summed E-state index contributed by atoms with van der Waals surface area (Å²) < 4.78 is 26.7. The minimum Gasteiger partial charge on any atom is -0.237 e. The fraction of sp³-hybridized carbons (Fsp3) is 0.150. The van der Waals surface area contributed by atoms with E-state index in [1.54, 1.807) is 38.1 Å². The Morgan fingerprint density at radius 2 is 1.38 bits per heavy atom. The molecule has 1 aromatic heterocycles. The second-order valence-corrected chi connectivity index (χ2v) is 6.84. The van der Waals surface area contributed by atoms with Crippen LogP contribution in [-0.2, 0) is 0 Å². The highest BCUT2D eigenvalue weighted by Crippen LogP contribution is 2.41. The summed E-state index contributed by atoms with van der Waals surface area (Å²) in [5.74, 6) is -0.0907. The van der Waals surface area contributed by atoms with Crippen LogP contribution in [0.4, 0.5) is 8.78 Å². The molecule has 0 atom stereocenters. The molecule has 0 spiro atoms. The van der Waals surface area contributed by atoms with Gasteiger partial charge in [-0.05, 0) is 49.2 Å². The average molecular weight is 367 g/mol. The fourth-order valence-electron chi connectivity index (χ4n) is 2.61. The highest BCUT2D eigenvalue weighted by Gasteiger charge is 2.20. The number of aromatic nitrogens is 2. The van der Waals surface area contributed by atoms with Gasteiger partial charge in [-0.2, -0.15) is 5.26 Å². The van der Waals surface area contributed by atoms with Crippen molar-refractivity contribution in [2.75, 3.05) is 0 Å². The molecule has 6 heteroatoms. The standard InChI is InChI=1S/C20H15F2N3S/c1-12-18(11-23)20(25-13(2)24-12)26-19(14-3-7-16(21)8-4-14)15-5-9-17(22)10-6-15/h3-10,19H,1-2H3. The molecule has 0 aliphatic carbocycles. The first-order chi connectivity index (χ1) is 12.5. The van der Waals surface area contributed by atoms with E-state index in [0.717, 1.165) is 11.1 Å². The molecule has 0 aliphatic heterocycles. The molecule has 0 unspecified atom stereocenters. The maximum Gasteiger partial charge on any atom is 0.126 e. The number of benzene rings is 2. The van der Waals surface area contributed by atoms with E-state index in [0.29, 0.717) is 22.1 Å². The summed E-state index contributed by atoms with van der Waals surface area (Å²) in [6.45, 7) is 3.53. The zero-order valence-electron chi connectivity index (χ0n) is 14.2. The summed E-state index contributed by atoms with van der Waals surface area (Å²) in [5.41, 5.74) is 2.69. The van der Waals surface area contributed by atoms with Crippen molar-refractivity contribution in [2.24, 2.45) is 0 Å². The van der Waals surface area contributed by atoms with Crippen molar-refractivity contribution in [1.29, 1.82) is 5.26 Å². The molecule has 0 aliphatic rings. The van der Waals surface area contributed by atoms with Gasteiger partial charge < -0.3 is 0 Å². The number of rotatable bonds is 4.